The molecule has 0 radical (unpaired) electrons. The van der Waals surface area contributed by atoms with Gasteiger partial charge in [-0.1, -0.05) is 30.3 Å². The van der Waals surface area contributed by atoms with Crippen molar-refractivity contribution in [3.05, 3.63) is 83.4 Å². The summed E-state index contributed by atoms with van der Waals surface area (Å²) in [4.78, 5) is 37.2. The molecule has 0 aliphatic carbocycles. The Morgan fingerprint density at radius 1 is 1.13 bits per heavy atom. The molecule has 2 aromatic heterocycles. The summed E-state index contributed by atoms with van der Waals surface area (Å²) in [5, 5.41) is 7.08. The Hall–Kier alpha value is -4.41. The van der Waals surface area contributed by atoms with E-state index in [1.807, 2.05) is 30.3 Å². The molecule has 1 aliphatic heterocycles. The molecule has 2 amide bonds. The quantitative estimate of drug-likeness (QED) is 0.387. The summed E-state index contributed by atoms with van der Waals surface area (Å²) in [6, 6.07) is 14.2. The number of hydrogen-bond donors (Lipinski definition) is 1. The molecule has 39 heavy (non-hydrogen) atoms. The standard InChI is InChI=1S/C28H28F2N6O3/c1-17-12-23(36(34-17)16-25(29)30)27(37)33-21-8-11-35(15-20(21)18-6-4-3-5-7-18)28(38)19-13-22-26(24(14-19)39-2)32-10-9-31-22/h3-7,9-10,12-14,20-21,25H,8,11,15-16H2,1-2H3,(H,33,37)/t20-,21-/m1/s1. The average Bonchev–Trinajstić information content (AvgIpc) is 3.31. The first-order valence-electron chi connectivity index (χ1n) is 12.6. The molecule has 0 bridgehead atoms. The van der Waals surface area contributed by atoms with E-state index in [4.69, 9.17) is 4.74 Å². The number of likely N-dealkylation sites (tertiary alicyclic amines) is 1. The molecule has 1 fully saturated rings. The van der Waals surface area contributed by atoms with Gasteiger partial charge in [-0.05, 0) is 37.1 Å². The summed E-state index contributed by atoms with van der Waals surface area (Å²) >= 11 is 0. The number of methoxy groups -OCH3 is 1. The number of aryl methyl sites for hydroxylation is 1. The van der Waals surface area contributed by atoms with Crippen molar-refractivity contribution in [1.82, 2.24) is 30.0 Å². The van der Waals surface area contributed by atoms with E-state index in [1.54, 1.807) is 36.4 Å². The van der Waals surface area contributed by atoms with Crippen LogP contribution in [0.25, 0.3) is 11.0 Å². The number of halogens is 2. The Morgan fingerprint density at radius 3 is 2.64 bits per heavy atom. The van der Waals surface area contributed by atoms with Gasteiger partial charge in [-0.15, -0.1) is 0 Å². The number of fused-ring (bicyclic) bond motifs is 1. The lowest BCUT2D eigenvalue weighted by Gasteiger charge is -2.39. The van der Waals surface area contributed by atoms with Crippen LogP contribution < -0.4 is 10.1 Å². The Bertz CT molecular complexity index is 1490. The minimum absolute atomic E-state index is 0.0856. The average molecular weight is 535 g/mol. The van der Waals surface area contributed by atoms with Crippen LogP contribution in [-0.4, -0.2) is 69.1 Å². The zero-order valence-corrected chi connectivity index (χ0v) is 21.6. The number of rotatable bonds is 7. The monoisotopic (exact) mass is 534 g/mol. The molecule has 2 atom stereocenters. The molecule has 4 aromatic rings. The first-order chi connectivity index (χ1) is 18.8. The fourth-order valence-electron chi connectivity index (χ4n) is 5.09. The van der Waals surface area contributed by atoms with Gasteiger partial charge in [-0.2, -0.15) is 5.10 Å². The maximum atomic E-state index is 13.6. The number of amides is 2. The topological polar surface area (TPSA) is 102 Å². The molecular weight excluding hydrogens is 506 g/mol. The van der Waals surface area contributed by atoms with E-state index in [9.17, 15) is 18.4 Å². The number of aromatic nitrogens is 4. The van der Waals surface area contributed by atoms with E-state index < -0.39 is 18.9 Å². The molecule has 0 spiro atoms. The number of alkyl halides is 2. The van der Waals surface area contributed by atoms with Gasteiger partial charge in [0.15, 0.2) is 0 Å². The van der Waals surface area contributed by atoms with Crippen molar-refractivity contribution >= 4 is 22.8 Å². The molecule has 1 N–H and O–H groups in total. The van der Waals surface area contributed by atoms with Crippen LogP contribution in [0.1, 0.15) is 44.4 Å². The zero-order valence-electron chi connectivity index (χ0n) is 21.6. The molecule has 2 aromatic carbocycles. The van der Waals surface area contributed by atoms with Crippen molar-refractivity contribution in [3.8, 4) is 5.75 Å². The first-order valence-corrected chi connectivity index (χ1v) is 12.6. The van der Waals surface area contributed by atoms with Crippen LogP contribution in [0.3, 0.4) is 0 Å². The van der Waals surface area contributed by atoms with Gasteiger partial charge in [0.05, 0.1) is 18.3 Å². The summed E-state index contributed by atoms with van der Waals surface area (Å²) in [6.07, 6.45) is 0.966. The summed E-state index contributed by atoms with van der Waals surface area (Å²) in [5.41, 5.74) is 3.08. The highest BCUT2D eigenvalue weighted by Crippen LogP contribution is 2.30. The van der Waals surface area contributed by atoms with Gasteiger partial charge < -0.3 is 15.0 Å². The van der Waals surface area contributed by atoms with E-state index in [1.165, 1.54) is 13.2 Å². The maximum Gasteiger partial charge on any atom is 0.269 e. The van der Waals surface area contributed by atoms with Crippen molar-refractivity contribution in [1.29, 1.82) is 0 Å². The molecule has 0 saturated carbocycles. The highest BCUT2D eigenvalue weighted by molar-refractivity contribution is 5.99. The number of nitrogens with one attached hydrogen (secondary N) is 1. The Morgan fingerprint density at radius 2 is 1.90 bits per heavy atom. The van der Waals surface area contributed by atoms with Crippen molar-refractivity contribution in [2.75, 3.05) is 20.2 Å². The summed E-state index contributed by atoms with van der Waals surface area (Å²) in [5.74, 6) is -0.416. The van der Waals surface area contributed by atoms with E-state index >= 15 is 0 Å². The third-order valence-corrected chi connectivity index (χ3v) is 6.90. The zero-order chi connectivity index (χ0) is 27.5. The van der Waals surface area contributed by atoms with Crippen LogP contribution in [0, 0.1) is 6.92 Å². The lowest BCUT2D eigenvalue weighted by Crippen LogP contribution is -2.51. The fourth-order valence-corrected chi connectivity index (χ4v) is 5.09. The molecule has 3 heterocycles. The highest BCUT2D eigenvalue weighted by atomic mass is 19.3. The van der Waals surface area contributed by atoms with Gasteiger partial charge in [0.1, 0.15) is 23.5 Å². The second-order valence-electron chi connectivity index (χ2n) is 9.48. The largest absolute Gasteiger partial charge is 0.494 e. The van der Waals surface area contributed by atoms with Crippen LogP contribution in [0.4, 0.5) is 8.78 Å². The summed E-state index contributed by atoms with van der Waals surface area (Å²) < 4.78 is 32.6. The Balaban J connectivity index is 1.40. The Labute approximate surface area is 223 Å². The van der Waals surface area contributed by atoms with Crippen LogP contribution in [-0.2, 0) is 6.54 Å². The number of carbonyl (C=O) groups is 2. The molecular formula is C28H28F2N6O3. The predicted octanol–water partition coefficient (Wildman–Crippen LogP) is 3.84. The van der Waals surface area contributed by atoms with Gasteiger partial charge in [0.2, 0.25) is 0 Å². The predicted molar refractivity (Wildman–Crippen MR) is 140 cm³/mol. The molecule has 11 heteroatoms. The number of carbonyl (C=O) groups excluding carboxylic acids is 2. The second-order valence-corrected chi connectivity index (χ2v) is 9.48. The number of nitrogens with zero attached hydrogens (tertiary/aromatic N) is 5. The lowest BCUT2D eigenvalue weighted by molar-refractivity contribution is 0.0670. The molecule has 9 nitrogen and oxygen atoms in total. The highest BCUT2D eigenvalue weighted by Gasteiger charge is 2.35. The SMILES string of the molecule is COc1cc(C(=O)N2CC[C@@H](NC(=O)c3cc(C)nn3CC(F)F)[C@@H](c3ccccc3)C2)cc2nccnc12. The summed E-state index contributed by atoms with van der Waals surface area (Å²) in [6.45, 7) is 1.74. The molecule has 1 aliphatic rings. The van der Waals surface area contributed by atoms with Crippen LogP contribution >= 0.6 is 0 Å². The maximum absolute atomic E-state index is 13.6. The van der Waals surface area contributed by atoms with Gasteiger partial charge >= 0.3 is 0 Å². The summed E-state index contributed by atoms with van der Waals surface area (Å²) in [7, 11) is 1.52. The smallest absolute Gasteiger partial charge is 0.269 e. The number of piperidine rings is 1. The molecule has 202 valence electrons. The number of benzene rings is 2. The van der Waals surface area contributed by atoms with E-state index in [0.717, 1.165) is 10.2 Å². The second kappa shape index (κ2) is 11.1. The van der Waals surface area contributed by atoms with E-state index in [-0.39, 0.29) is 23.6 Å². The fraction of sp³-hybridized carbons (Fsp3) is 0.321. The van der Waals surface area contributed by atoms with Crippen molar-refractivity contribution in [3.63, 3.8) is 0 Å². The van der Waals surface area contributed by atoms with Gasteiger partial charge in [-0.3, -0.25) is 19.3 Å². The van der Waals surface area contributed by atoms with Crippen LogP contribution in [0.5, 0.6) is 5.75 Å². The molecule has 1 saturated heterocycles. The van der Waals surface area contributed by atoms with Crippen molar-refractivity contribution in [2.45, 2.75) is 38.3 Å². The van der Waals surface area contributed by atoms with Crippen molar-refractivity contribution in [2.24, 2.45) is 0 Å². The van der Waals surface area contributed by atoms with Crippen LogP contribution in [0.15, 0.2) is 60.9 Å². The van der Waals surface area contributed by atoms with Gasteiger partial charge in [0, 0.05) is 43.0 Å². The van der Waals surface area contributed by atoms with Gasteiger partial charge in [0.25, 0.3) is 18.2 Å². The first kappa shape index (κ1) is 26.2. The minimum Gasteiger partial charge on any atom is -0.494 e. The third kappa shape index (κ3) is 5.57. The Kier molecular flexibility index (Phi) is 7.49. The van der Waals surface area contributed by atoms with Crippen LogP contribution in [0.2, 0.25) is 0 Å². The number of hydrogen-bond acceptors (Lipinski definition) is 6. The molecule has 5 rings (SSSR count). The third-order valence-electron chi connectivity index (χ3n) is 6.90. The van der Waals surface area contributed by atoms with E-state index in [2.05, 4.69) is 20.4 Å². The lowest BCUT2D eigenvalue weighted by atomic mass is 9.85. The minimum atomic E-state index is -2.64. The van der Waals surface area contributed by atoms with E-state index in [0.29, 0.717) is 47.6 Å². The molecule has 0 unspecified atom stereocenters. The van der Waals surface area contributed by atoms with Crippen molar-refractivity contribution < 1.29 is 23.1 Å². The number of ether oxygens (including phenoxy) is 1. The normalized spacial score (nSPS) is 17.4. The van der Waals surface area contributed by atoms with Gasteiger partial charge in [-0.25, -0.2) is 13.8 Å².